The molecule has 5 unspecified atom stereocenters. The van der Waals surface area contributed by atoms with E-state index < -0.39 is 91.5 Å². The van der Waals surface area contributed by atoms with Crippen LogP contribution in [-0.2, 0) is 55.8 Å². The second kappa shape index (κ2) is 61.7. The summed E-state index contributed by atoms with van der Waals surface area (Å²) in [6, 6.07) is 0. The Morgan fingerprint density at radius 3 is 0.965 bits per heavy atom. The fourth-order valence-electron chi connectivity index (χ4n) is 9.28. The third-order valence-electron chi connectivity index (χ3n) is 14.5. The molecule has 0 aliphatic heterocycles. The summed E-state index contributed by atoms with van der Waals surface area (Å²) in [5, 5.41) is 20.5. The average Bonchev–Trinajstić information content (AvgIpc) is 3.52. The van der Waals surface area contributed by atoms with Crippen molar-refractivity contribution in [1.82, 2.24) is 0 Å². The predicted molar refractivity (Wildman–Crippen MR) is 344 cm³/mol. The topological polar surface area (TPSA) is 231 Å². The van der Waals surface area contributed by atoms with Crippen LogP contribution in [0.4, 0.5) is 0 Å². The maximum atomic E-state index is 12.9. The Bertz CT molecular complexity index is 1760. The van der Waals surface area contributed by atoms with Crippen LogP contribution in [0, 0.1) is 0 Å². The minimum atomic E-state index is -4.92. The number of aliphatic hydroxyl groups is 2. The molecule has 0 heterocycles. The van der Waals surface area contributed by atoms with Gasteiger partial charge < -0.3 is 34.2 Å². The molecule has 0 rings (SSSR count). The van der Waals surface area contributed by atoms with E-state index in [1.165, 1.54) is 128 Å². The second-order valence-electron chi connectivity index (χ2n) is 23.0. The van der Waals surface area contributed by atoms with Gasteiger partial charge in [-0.2, -0.15) is 0 Å². The van der Waals surface area contributed by atoms with Crippen LogP contribution in [0.1, 0.15) is 303 Å². The van der Waals surface area contributed by atoms with E-state index in [-0.39, 0.29) is 19.3 Å². The van der Waals surface area contributed by atoms with Gasteiger partial charge in [-0.25, -0.2) is 9.13 Å². The molecular formula is C67H124O16P2. The maximum Gasteiger partial charge on any atom is 0.472 e. The Hall–Kier alpha value is -2.49. The van der Waals surface area contributed by atoms with Gasteiger partial charge in [-0.3, -0.25) is 32.5 Å². The third kappa shape index (κ3) is 62.9. The molecule has 18 heteroatoms. The first kappa shape index (κ1) is 82.5. The number of hydrogen-bond acceptors (Lipinski definition) is 14. The predicted octanol–water partition coefficient (Wildman–Crippen LogP) is 18.4. The van der Waals surface area contributed by atoms with E-state index in [1.807, 2.05) is 0 Å². The molecule has 5 atom stereocenters. The lowest BCUT2D eigenvalue weighted by atomic mass is 10.0. The molecule has 0 radical (unpaired) electrons. The number of carbonyl (C=O) groups excluding carboxylic acids is 3. The van der Waals surface area contributed by atoms with Gasteiger partial charge in [0.15, 0.2) is 6.10 Å². The average molecular weight is 1250 g/mol. The maximum absolute atomic E-state index is 12.9. The molecule has 0 amide bonds. The molecule has 0 aromatic rings. The van der Waals surface area contributed by atoms with E-state index in [0.29, 0.717) is 19.3 Å². The second-order valence-corrected chi connectivity index (χ2v) is 25.9. The van der Waals surface area contributed by atoms with Crippen LogP contribution in [0.5, 0.6) is 0 Å². The molecule has 0 saturated carbocycles. The summed E-state index contributed by atoms with van der Waals surface area (Å²) in [4.78, 5) is 58.3. The number of phosphoric acid groups is 2. The summed E-state index contributed by atoms with van der Waals surface area (Å²) < 4.78 is 60.8. The van der Waals surface area contributed by atoms with Gasteiger partial charge in [0.25, 0.3) is 0 Å². The molecule has 0 fully saturated rings. The first-order chi connectivity index (χ1) is 41.2. The van der Waals surface area contributed by atoms with Crippen LogP contribution in [0.25, 0.3) is 0 Å². The molecule has 0 saturated heterocycles. The van der Waals surface area contributed by atoms with Crippen molar-refractivity contribution < 1.29 is 75.8 Å². The Kier molecular flexibility index (Phi) is 59.9. The van der Waals surface area contributed by atoms with Gasteiger partial charge in [0.2, 0.25) is 0 Å². The first-order valence-electron chi connectivity index (χ1n) is 33.9. The molecule has 0 bridgehead atoms. The zero-order chi connectivity index (χ0) is 62.4. The SMILES string of the molecule is CCCCC/C=C\C/C=C\C/C=C\CCCCCCCCC(=O)OCC(O)COP(=O)(O)OCC(O)COP(=O)(O)OCC(COC(=O)CCCCCCC/C=C\CCCCCCCC)OC(=O)CCCCCCCCCCCCCCCCC. The largest absolute Gasteiger partial charge is 0.472 e. The normalized spacial score (nSPS) is 14.6. The highest BCUT2D eigenvalue weighted by atomic mass is 31.2. The van der Waals surface area contributed by atoms with Crippen LogP contribution in [0.2, 0.25) is 0 Å². The highest BCUT2D eigenvalue weighted by Crippen LogP contribution is 2.45. The Morgan fingerprint density at radius 1 is 0.329 bits per heavy atom. The molecule has 0 aliphatic carbocycles. The molecule has 4 N–H and O–H groups in total. The molecular weight excluding hydrogens is 1120 g/mol. The summed E-state index contributed by atoms with van der Waals surface area (Å²) in [5.74, 6) is -1.58. The fraction of sp³-hybridized carbons (Fsp3) is 0.836. The number of carbonyl (C=O) groups is 3. The van der Waals surface area contributed by atoms with E-state index in [2.05, 4.69) is 69.4 Å². The van der Waals surface area contributed by atoms with Gasteiger partial charge in [0.05, 0.1) is 26.4 Å². The minimum absolute atomic E-state index is 0.110. The van der Waals surface area contributed by atoms with Crippen molar-refractivity contribution in [2.45, 2.75) is 322 Å². The molecule has 0 aromatic heterocycles. The number of hydrogen-bond donors (Lipinski definition) is 4. The monoisotopic (exact) mass is 1250 g/mol. The van der Waals surface area contributed by atoms with Gasteiger partial charge in [-0.05, 0) is 83.5 Å². The molecule has 16 nitrogen and oxygen atoms in total. The summed E-state index contributed by atoms with van der Waals surface area (Å²) in [6.07, 6.45) is 60.1. The Balaban J connectivity index is 4.64. The highest BCUT2D eigenvalue weighted by Gasteiger charge is 2.29. The standard InChI is InChI=1S/C67H124O16P2/c1-4-7-10-13-16-19-22-25-28-29-30-31-34-36-38-41-44-47-50-53-65(70)77-56-62(68)57-79-84(73,74)80-58-63(69)59-81-85(75,76)82-61-64(83-67(72)55-52-49-46-43-40-37-33-27-24-21-18-15-12-9-6-3)60-78-66(71)54-51-48-45-42-39-35-32-26-23-20-17-14-11-8-5-2/h16,19,25-26,28,30-32,62-64,68-69H,4-15,17-18,20-24,27,29,33-61H2,1-3H3,(H,73,74)(H,75,76)/b19-16-,28-25-,31-30-,32-26-. The number of aliphatic hydroxyl groups excluding tert-OH is 2. The number of allylic oxidation sites excluding steroid dienone is 8. The van der Waals surface area contributed by atoms with Crippen molar-refractivity contribution >= 4 is 33.6 Å². The summed E-state index contributed by atoms with van der Waals surface area (Å²) in [7, 11) is -9.76. The minimum Gasteiger partial charge on any atom is -0.463 e. The van der Waals surface area contributed by atoms with E-state index in [4.69, 9.17) is 32.3 Å². The van der Waals surface area contributed by atoms with E-state index >= 15 is 0 Å². The molecule has 0 aromatic carbocycles. The summed E-state index contributed by atoms with van der Waals surface area (Å²) in [6.45, 7) is 2.65. The van der Waals surface area contributed by atoms with Crippen LogP contribution < -0.4 is 0 Å². The van der Waals surface area contributed by atoms with E-state index in [0.717, 1.165) is 116 Å². The number of ether oxygens (including phenoxy) is 3. The molecule has 498 valence electrons. The smallest absolute Gasteiger partial charge is 0.463 e. The van der Waals surface area contributed by atoms with Crippen molar-refractivity contribution in [2.75, 3.05) is 39.6 Å². The number of esters is 3. The van der Waals surface area contributed by atoms with Crippen molar-refractivity contribution in [3.8, 4) is 0 Å². The zero-order valence-corrected chi connectivity index (χ0v) is 55.6. The van der Waals surface area contributed by atoms with Gasteiger partial charge in [0, 0.05) is 19.3 Å². The Labute approximate surface area is 517 Å². The van der Waals surface area contributed by atoms with Crippen molar-refractivity contribution in [1.29, 1.82) is 0 Å². The zero-order valence-electron chi connectivity index (χ0n) is 53.8. The lowest BCUT2D eigenvalue weighted by molar-refractivity contribution is -0.161. The van der Waals surface area contributed by atoms with Crippen LogP contribution in [0.3, 0.4) is 0 Å². The number of rotatable bonds is 65. The van der Waals surface area contributed by atoms with Crippen LogP contribution in [0.15, 0.2) is 48.6 Å². The van der Waals surface area contributed by atoms with Gasteiger partial charge in [-0.1, -0.05) is 249 Å². The van der Waals surface area contributed by atoms with Crippen molar-refractivity contribution in [2.24, 2.45) is 0 Å². The number of phosphoric ester groups is 2. The highest BCUT2D eigenvalue weighted by molar-refractivity contribution is 7.47. The molecule has 0 aliphatic rings. The Morgan fingerprint density at radius 2 is 0.588 bits per heavy atom. The molecule has 85 heavy (non-hydrogen) atoms. The van der Waals surface area contributed by atoms with E-state index in [9.17, 15) is 43.5 Å². The summed E-state index contributed by atoms with van der Waals surface area (Å²) in [5.41, 5.74) is 0. The van der Waals surface area contributed by atoms with Crippen LogP contribution in [-0.4, -0.2) is 95.9 Å². The van der Waals surface area contributed by atoms with Gasteiger partial charge >= 0.3 is 33.6 Å². The fourth-order valence-corrected chi connectivity index (χ4v) is 10.9. The quantitative estimate of drug-likeness (QED) is 0.0146. The van der Waals surface area contributed by atoms with Gasteiger partial charge in [-0.15, -0.1) is 0 Å². The number of unbranched alkanes of at least 4 members (excludes halogenated alkanes) is 34. The van der Waals surface area contributed by atoms with Crippen molar-refractivity contribution in [3.63, 3.8) is 0 Å². The third-order valence-corrected chi connectivity index (χ3v) is 16.4. The first-order valence-corrected chi connectivity index (χ1v) is 36.9. The lowest BCUT2D eigenvalue weighted by Crippen LogP contribution is -2.30. The summed E-state index contributed by atoms with van der Waals surface area (Å²) >= 11 is 0. The lowest BCUT2D eigenvalue weighted by Gasteiger charge is -2.21. The van der Waals surface area contributed by atoms with Gasteiger partial charge in [0.1, 0.15) is 25.4 Å². The van der Waals surface area contributed by atoms with E-state index in [1.54, 1.807) is 0 Å². The van der Waals surface area contributed by atoms with Crippen LogP contribution >= 0.6 is 15.6 Å². The van der Waals surface area contributed by atoms with Crippen molar-refractivity contribution in [3.05, 3.63) is 48.6 Å². The molecule has 0 spiro atoms.